The van der Waals surface area contributed by atoms with E-state index < -0.39 is 0 Å². The molecule has 0 aliphatic heterocycles. The molecule has 0 aromatic carbocycles. The van der Waals surface area contributed by atoms with Crippen LogP contribution in [-0.2, 0) is 0 Å². The molecule has 0 saturated carbocycles. The predicted molar refractivity (Wildman–Crippen MR) is 66.2 cm³/mol. The molecule has 0 spiro atoms. The van der Waals surface area contributed by atoms with Gasteiger partial charge in [-0.25, -0.2) is 0 Å². The maximum Gasteiger partial charge on any atom is -0.0172 e. The van der Waals surface area contributed by atoms with E-state index in [1.54, 1.807) is 0 Å². The summed E-state index contributed by atoms with van der Waals surface area (Å²) in [5, 5.41) is 0. The van der Waals surface area contributed by atoms with E-state index in [0.29, 0.717) is 0 Å². The Morgan fingerprint density at radius 3 is 2.07 bits per heavy atom. The van der Waals surface area contributed by atoms with Crippen LogP contribution in [0.1, 0.15) is 57.8 Å². The number of hydrogen-bond acceptors (Lipinski definition) is 0. The maximum atomic E-state index is 3.84. The van der Waals surface area contributed by atoms with Crippen molar-refractivity contribution in [1.29, 1.82) is 0 Å². The van der Waals surface area contributed by atoms with E-state index in [1.165, 1.54) is 44.9 Å². The highest BCUT2D eigenvalue weighted by Crippen LogP contribution is 2.08. The van der Waals surface area contributed by atoms with E-state index >= 15 is 0 Å². The van der Waals surface area contributed by atoms with Crippen LogP contribution in [0, 0.1) is 6.92 Å². The van der Waals surface area contributed by atoms with Crippen molar-refractivity contribution in [3.63, 3.8) is 0 Å². The summed E-state index contributed by atoms with van der Waals surface area (Å²) in [5.41, 5.74) is 0. The highest BCUT2D eigenvalue weighted by molar-refractivity contribution is 4.87. The molecule has 0 aliphatic rings. The highest BCUT2D eigenvalue weighted by Gasteiger charge is 1.88. The summed E-state index contributed by atoms with van der Waals surface area (Å²) >= 11 is 0. The van der Waals surface area contributed by atoms with Gasteiger partial charge in [0.1, 0.15) is 0 Å². The third kappa shape index (κ3) is 11.5. The molecule has 0 fully saturated rings. The van der Waals surface area contributed by atoms with Gasteiger partial charge in [-0.15, -0.1) is 6.58 Å². The normalized spacial score (nSPS) is 10.9. The van der Waals surface area contributed by atoms with Crippen molar-refractivity contribution >= 4 is 0 Å². The van der Waals surface area contributed by atoms with Gasteiger partial charge in [-0.2, -0.15) is 0 Å². The lowest BCUT2D eigenvalue weighted by atomic mass is 10.1. The third-order valence-electron chi connectivity index (χ3n) is 2.34. The molecule has 0 rings (SSSR count). The molecule has 81 valence electrons. The summed E-state index contributed by atoms with van der Waals surface area (Å²) in [6.07, 6.45) is 18.0. The molecule has 1 radical (unpaired) electrons. The Labute approximate surface area is 90.1 Å². The second-order valence-electron chi connectivity index (χ2n) is 3.76. The van der Waals surface area contributed by atoms with Crippen molar-refractivity contribution < 1.29 is 0 Å². The van der Waals surface area contributed by atoms with Crippen molar-refractivity contribution in [3.8, 4) is 0 Å². The SMILES string of the molecule is [CH2]CCCCCCCCC=CCC=C. The van der Waals surface area contributed by atoms with E-state index in [1.807, 2.05) is 6.08 Å². The molecule has 0 aromatic heterocycles. The summed E-state index contributed by atoms with van der Waals surface area (Å²) in [6.45, 7) is 7.52. The Morgan fingerprint density at radius 2 is 1.43 bits per heavy atom. The number of rotatable bonds is 10. The van der Waals surface area contributed by atoms with Crippen LogP contribution in [-0.4, -0.2) is 0 Å². The fourth-order valence-electron chi connectivity index (χ4n) is 1.46. The van der Waals surface area contributed by atoms with E-state index in [4.69, 9.17) is 0 Å². The molecular formula is C14H25. The van der Waals surface area contributed by atoms with Crippen LogP contribution in [0.3, 0.4) is 0 Å². The van der Waals surface area contributed by atoms with Crippen LogP contribution in [0.4, 0.5) is 0 Å². The molecule has 0 heteroatoms. The zero-order chi connectivity index (χ0) is 10.5. The second kappa shape index (κ2) is 12.5. The van der Waals surface area contributed by atoms with Crippen molar-refractivity contribution in [2.75, 3.05) is 0 Å². The molecule has 14 heavy (non-hydrogen) atoms. The first-order chi connectivity index (χ1) is 6.91. The van der Waals surface area contributed by atoms with Crippen LogP contribution in [0.2, 0.25) is 0 Å². The van der Waals surface area contributed by atoms with Crippen molar-refractivity contribution in [2.45, 2.75) is 57.8 Å². The zero-order valence-corrected chi connectivity index (χ0v) is 9.51. The van der Waals surface area contributed by atoms with Gasteiger partial charge in [0.25, 0.3) is 0 Å². The van der Waals surface area contributed by atoms with E-state index in [2.05, 4.69) is 25.7 Å². The molecule has 0 heterocycles. The first kappa shape index (κ1) is 13.5. The lowest BCUT2D eigenvalue weighted by molar-refractivity contribution is 0.599. The fraction of sp³-hybridized carbons (Fsp3) is 0.643. The first-order valence-electron chi connectivity index (χ1n) is 5.97. The van der Waals surface area contributed by atoms with Crippen molar-refractivity contribution in [3.05, 3.63) is 31.7 Å². The van der Waals surface area contributed by atoms with Gasteiger partial charge in [-0.05, 0) is 19.3 Å². The molecular weight excluding hydrogens is 168 g/mol. The summed E-state index contributed by atoms with van der Waals surface area (Å²) in [4.78, 5) is 0. The Bertz CT molecular complexity index is 133. The van der Waals surface area contributed by atoms with Crippen LogP contribution >= 0.6 is 0 Å². The van der Waals surface area contributed by atoms with Gasteiger partial charge >= 0.3 is 0 Å². The maximum absolute atomic E-state index is 3.84. The zero-order valence-electron chi connectivity index (χ0n) is 9.51. The van der Waals surface area contributed by atoms with Gasteiger partial charge in [0.05, 0.1) is 0 Å². The average molecular weight is 193 g/mol. The van der Waals surface area contributed by atoms with Gasteiger partial charge in [0, 0.05) is 0 Å². The molecule has 0 bridgehead atoms. The number of unbranched alkanes of at least 4 members (excludes halogenated alkanes) is 7. The van der Waals surface area contributed by atoms with Crippen LogP contribution in [0.25, 0.3) is 0 Å². The number of allylic oxidation sites excluding steroid dienone is 3. The third-order valence-corrected chi connectivity index (χ3v) is 2.34. The first-order valence-corrected chi connectivity index (χ1v) is 5.97. The summed E-state index contributed by atoms with van der Waals surface area (Å²) in [6, 6.07) is 0. The molecule has 0 saturated heterocycles. The number of hydrogen-bond donors (Lipinski definition) is 0. The Balaban J connectivity index is 2.95. The van der Waals surface area contributed by atoms with E-state index in [9.17, 15) is 0 Å². The van der Waals surface area contributed by atoms with Gasteiger partial charge in [-0.3, -0.25) is 0 Å². The summed E-state index contributed by atoms with van der Waals surface area (Å²) in [5.74, 6) is 0. The summed E-state index contributed by atoms with van der Waals surface area (Å²) in [7, 11) is 0. The monoisotopic (exact) mass is 193 g/mol. The van der Waals surface area contributed by atoms with Gasteiger partial charge in [0.15, 0.2) is 0 Å². The fourth-order valence-corrected chi connectivity index (χ4v) is 1.46. The molecule has 0 amide bonds. The lowest BCUT2D eigenvalue weighted by Gasteiger charge is -1.98. The van der Waals surface area contributed by atoms with Crippen LogP contribution < -0.4 is 0 Å². The molecule has 0 unspecified atom stereocenters. The second-order valence-corrected chi connectivity index (χ2v) is 3.76. The Kier molecular flexibility index (Phi) is 12.0. The van der Waals surface area contributed by atoms with Gasteiger partial charge < -0.3 is 0 Å². The standard InChI is InChI=1S/C14H25/c1-3-5-7-9-11-13-14-12-10-8-6-4-2/h3,7,9H,1-2,4-6,8,10-14H2. The smallest absolute Gasteiger partial charge is 0.0172 e. The molecule has 0 N–H and O–H groups in total. The van der Waals surface area contributed by atoms with Crippen molar-refractivity contribution in [2.24, 2.45) is 0 Å². The quantitative estimate of drug-likeness (QED) is 0.335. The topological polar surface area (TPSA) is 0 Å². The van der Waals surface area contributed by atoms with E-state index in [-0.39, 0.29) is 0 Å². The molecule has 0 nitrogen and oxygen atoms in total. The van der Waals surface area contributed by atoms with Crippen molar-refractivity contribution in [1.82, 2.24) is 0 Å². The van der Waals surface area contributed by atoms with Crippen LogP contribution in [0.5, 0.6) is 0 Å². The minimum Gasteiger partial charge on any atom is -0.103 e. The largest absolute Gasteiger partial charge is 0.103 e. The average Bonchev–Trinajstić information content (AvgIpc) is 2.21. The molecule has 0 aromatic rings. The molecule has 0 atom stereocenters. The highest BCUT2D eigenvalue weighted by atomic mass is 13.9. The molecule has 0 aliphatic carbocycles. The minimum absolute atomic E-state index is 1.02. The lowest BCUT2D eigenvalue weighted by Crippen LogP contribution is -1.78. The van der Waals surface area contributed by atoms with Gasteiger partial charge in [-0.1, -0.05) is 63.7 Å². The van der Waals surface area contributed by atoms with Crippen LogP contribution in [0.15, 0.2) is 24.8 Å². The Morgan fingerprint density at radius 1 is 0.786 bits per heavy atom. The summed E-state index contributed by atoms with van der Waals surface area (Å²) < 4.78 is 0. The Hall–Kier alpha value is -0.520. The van der Waals surface area contributed by atoms with E-state index in [0.717, 1.165) is 12.8 Å². The minimum atomic E-state index is 1.02. The predicted octanol–water partition coefficient (Wildman–Crippen LogP) is 5.07. The van der Waals surface area contributed by atoms with Gasteiger partial charge in [0.2, 0.25) is 0 Å².